The number of benzene rings is 3. The van der Waals surface area contributed by atoms with Gasteiger partial charge in [-0.2, -0.15) is 0 Å². The molecular weight excluding hydrogens is 404 g/mol. The van der Waals surface area contributed by atoms with E-state index < -0.39 is 5.97 Å². The van der Waals surface area contributed by atoms with Crippen molar-refractivity contribution >= 4 is 29.4 Å². The van der Waals surface area contributed by atoms with Crippen LogP contribution in [0.3, 0.4) is 0 Å². The maximum atomic E-state index is 12.4. The Bertz CT molecular complexity index is 1090. The van der Waals surface area contributed by atoms with E-state index in [1.54, 1.807) is 79.9 Å². The molecule has 3 aromatic rings. The zero-order chi connectivity index (χ0) is 21.5. The van der Waals surface area contributed by atoms with Crippen LogP contribution in [-0.4, -0.2) is 26.0 Å². The third-order valence-corrected chi connectivity index (χ3v) is 4.62. The average Bonchev–Trinajstić information content (AvgIpc) is 2.78. The molecule has 0 heterocycles. The minimum atomic E-state index is -0.586. The van der Waals surface area contributed by atoms with Crippen LogP contribution in [0.2, 0.25) is 5.02 Å². The molecule has 0 fully saturated rings. The van der Waals surface area contributed by atoms with Crippen molar-refractivity contribution in [2.24, 2.45) is 0 Å². The van der Waals surface area contributed by atoms with Crippen molar-refractivity contribution < 1.29 is 23.8 Å². The van der Waals surface area contributed by atoms with Gasteiger partial charge in [-0.15, -0.1) is 0 Å². The molecule has 152 valence electrons. The van der Waals surface area contributed by atoms with Crippen LogP contribution >= 0.6 is 11.6 Å². The number of esters is 1. The zero-order valence-corrected chi connectivity index (χ0v) is 17.2. The number of halogens is 1. The minimum Gasteiger partial charge on any atom is -0.497 e. The Morgan fingerprint density at radius 3 is 2.27 bits per heavy atom. The molecular formula is C24H19ClO5. The van der Waals surface area contributed by atoms with Gasteiger partial charge in [-0.3, -0.25) is 4.79 Å². The summed E-state index contributed by atoms with van der Waals surface area (Å²) in [6.45, 7) is 0. The fourth-order valence-corrected chi connectivity index (χ4v) is 2.89. The highest BCUT2D eigenvalue weighted by atomic mass is 35.5. The lowest BCUT2D eigenvalue weighted by Gasteiger charge is -2.10. The van der Waals surface area contributed by atoms with Crippen molar-refractivity contribution in [3.05, 3.63) is 94.5 Å². The molecule has 0 spiro atoms. The van der Waals surface area contributed by atoms with Gasteiger partial charge in [-0.05, 0) is 60.2 Å². The van der Waals surface area contributed by atoms with Crippen LogP contribution in [0.4, 0.5) is 0 Å². The van der Waals surface area contributed by atoms with E-state index in [2.05, 4.69) is 0 Å². The summed E-state index contributed by atoms with van der Waals surface area (Å²) in [6, 6.07) is 18.5. The number of ether oxygens (including phenoxy) is 3. The summed E-state index contributed by atoms with van der Waals surface area (Å²) in [5.74, 6) is 0.556. The van der Waals surface area contributed by atoms with E-state index in [0.717, 1.165) is 0 Å². The van der Waals surface area contributed by atoms with Crippen LogP contribution in [0.1, 0.15) is 26.3 Å². The second-order valence-corrected chi connectivity index (χ2v) is 6.61. The van der Waals surface area contributed by atoms with E-state index in [4.69, 9.17) is 25.8 Å². The van der Waals surface area contributed by atoms with Gasteiger partial charge in [0.05, 0.1) is 24.8 Å². The summed E-state index contributed by atoms with van der Waals surface area (Å²) in [7, 11) is 3.04. The van der Waals surface area contributed by atoms with Crippen molar-refractivity contribution in [1.82, 2.24) is 0 Å². The van der Waals surface area contributed by atoms with Crippen molar-refractivity contribution in [3.8, 4) is 17.2 Å². The summed E-state index contributed by atoms with van der Waals surface area (Å²) in [6.07, 6.45) is 3.13. The topological polar surface area (TPSA) is 61.8 Å². The highest BCUT2D eigenvalue weighted by molar-refractivity contribution is 6.33. The monoisotopic (exact) mass is 422 g/mol. The van der Waals surface area contributed by atoms with E-state index in [1.165, 1.54) is 13.2 Å². The molecule has 0 saturated carbocycles. The predicted octanol–water partition coefficient (Wildman–Crippen LogP) is 5.47. The fraction of sp³-hybridized carbons (Fsp3) is 0.0833. The molecule has 6 heteroatoms. The van der Waals surface area contributed by atoms with Gasteiger partial charge in [-0.1, -0.05) is 35.9 Å². The number of allylic oxidation sites excluding steroid dienone is 1. The maximum absolute atomic E-state index is 12.4. The van der Waals surface area contributed by atoms with E-state index in [-0.39, 0.29) is 17.1 Å². The van der Waals surface area contributed by atoms with E-state index in [0.29, 0.717) is 27.6 Å². The van der Waals surface area contributed by atoms with Crippen molar-refractivity contribution in [1.29, 1.82) is 0 Å². The van der Waals surface area contributed by atoms with Crippen LogP contribution in [-0.2, 0) is 0 Å². The first-order chi connectivity index (χ1) is 14.5. The molecule has 0 amide bonds. The molecule has 0 aliphatic heterocycles. The predicted molar refractivity (Wildman–Crippen MR) is 116 cm³/mol. The lowest BCUT2D eigenvalue weighted by molar-refractivity contribution is 0.0729. The molecule has 0 aliphatic rings. The summed E-state index contributed by atoms with van der Waals surface area (Å²) in [5, 5.41) is 0.304. The van der Waals surface area contributed by atoms with Crippen molar-refractivity contribution in [2.75, 3.05) is 14.2 Å². The van der Waals surface area contributed by atoms with Crippen LogP contribution in [0.15, 0.2) is 72.8 Å². The Hall–Kier alpha value is -3.57. The second kappa shape index (κ2) is 9.76. The summed E-state index contributed by atoms with van der Waals surface area (Å²) < 4.78 is 15.8. The number of hydrogen-bond donors (Lipinski definition) is 0. The number of hydrogen-bond acceptors (Lipinski definition) is 5. The first-order valence-corrected chi connectivity index (χ1v) is 9.41. The normalized spacial score (nSPS) is 10.6. The smallest absolute Gasteiger partial charge is 0.345 e. The second-order valence-electron chi connectivity index (χ2n) is 6.21. The van der Waals surface area contributed by atoms with Gasteiger partial charge >= 0.3 is 5.97 Å². The molecule has 0 aromatic heterocycles. The minimum absolute atomic E-state index is 0.147. The van der Waals surface area contributed by atoms with Gasteiger partial charge in [0.2, 0.25) is 0 Å². The van der Waals surface area contributed by atoms with Gasteiger partial charge in [-0.25, -0.2) is 4.79 Å². The molecule has 30 heavy (non-hydrogen) atoms. The Balaban J connectivity index is 1.74. The number of carbonyl (C=O) groups excluding carboxylic acids is 2. The molecule has 0 saturated heterocycles. The summed E-state index contributed by atoms with van der Waals surface area (Å²) >= 11 is 6.04. The van der Waals surface area contributed by atoms with Gasteiger partial charge < -0.3 is 14.2 Å². The third kappa shape index (κ3) is 5.07. The molecule has 0 atom stereocenters. The first-order valence-electron chi connectivity index (χ1n) is 9.03. The van der Waals surface area contributed by atoms with Crippen LogP contribution in [0.25, 0.3) is 6.08 Å². The van der Waals surface area contributed by atoms with Crippen molar-refractivity contribution in [2.45, 2.75) is 0 Å². The lowest BCUT2D eigenvalue weighted by atomic mass is 10.1. The highest BCUT2D eigenvalue weighted by Gasteiger charge is 2.15. The number of ketones is 1. The van der Waals surface area contributed by atoms with Crippen LogP contribution in [0, 0.1) is 0 Å². The number of methoxy groups -OCH3 is 2. The summed E-state index contributed by atoms with van der Waals surface area (Å²) in [5.41, 5.74) is 1.52. The van der Waals surface area contributed by atoms with E-state index in [1.807, 2.05) is 0 Å². The molecule has 0 N–H and O–H groups in total. The van der Waals surface area contributed by atoms with Gasteiger partial charge in [0, 0.05) is 5.56 Å². The lowest BCUT2D eigenvalue weighted by Crippen LogP contribution is -2.09. The summed E-state index contributed by atoms with van der Waals surface area (Å²) in [4.78, 5) is 24.7. The molecule has 3 aromatic carbocycles. The zero-order valence-electron chi connectivity index (χ0n) is 16.4. The van der Waals surface area contributed by atoms with Crippen molar-refractivity contribution in [3.63, 3.8) is 0 Å². The molecule has 0 unspecified atom stereocenters. The molecule has 3 rings (SSSR count). The molecule has 0 aliphatic carbocycles. The first kappa shape index (κ1) is 21.1. The van der Waals surface area contributed by atoms with Gasteiger partial charge in [0.25, 0.3) is 0 Å². The SMILES string of the molecule is COc1ccc(C(=O)C=Cc2ccc(OC(=O)c3ccccc3Cl)c(OC)c2)cc1. The van der Waals surface area contributed by atoms with Crippen LogP contribution < -0.4 is 14.2 Å². The third-order valence-electron chi connectivity index (χ3n) is 4.29. The maximum Gasteiger partial charge on any atom is 0.345 e. The van der Waals surface area contributed by atoms with E-state index >= 15 is 0 Å². The van der Waals surface area contributed by atoms with Gasteiger partial charge in [0.15, 0.2) is 17.3 Å². The number of carbonyl (C=O) groups is 2. The molecule has 5 nitrogen and oxygen atoms in total. The Kier molecular flexibility index (Phi) is 6.88. The Morgan fingerprint density at radius 1 is 0.867 bits per heavy atom. The molecule has 0 bridgehead atoms. The fourth-order valence-electron chi connectivity index (χ4n) is 2.68. The standard InChI is InChI=1S/C24H19ClO5/c1-28-18-11-9-17(10-12-18)21(26)13-7-16-8-14-22(23(15-16)29-2)30-24(27)19-5-3-4-6-20(19)25/h3-15H,1-2H3. The van der Waals surface area contributed by atoms with E-state index in [9.17, 15) is 9.59 Å². The average molecular weight is 423 g/mol. The van der Waals surface area contributed by atoms with Gasteiger partial charge in [0.1, 0.15) is 5.75 Å². The highest BCUT2D eigenvalue weighted by Crippen LogP contribution is 2.30. The molecule has 0 radical (unpaired) electrons. The van der Waals surface area contributed by atoms with Crippen LogP contribution in [0.5, 0.6) is 17.2 Å². The Morgan fingerprint density at radius 2 is 1.60 bits per heavy atom. The number of rotatable bonds is 7. The Labute approximate surface area is 179 Å². The quantitative estimate of drug-likeness (QED) is 0.218. The largest absolute Gasteiger partial charge is 0.497 e.